The molecule has 0 spiro atoms. The Hall–Kier alpha value is -5.59. The number of hydrogen-bond donors (Lipinski definition) is 4. The molecule has 0 radical (unpaired) electrons. The van der Waals surface area contributed by atoms with Crippen LogP contribution in [0.2, 0.25) is 0 Å². The van der Waals surface area contributed by atoms with Crippen molar-refractivity contribution in [1.82, 2.24) is 14.7 Å². The zero-order valence-electron chi connectivity index (χ0n) is 49.1. The number of halogens is 4. The molecule has 25 nitrogen and oxygen atoms in total. The fourth-order valence-corrected chi connectivity index (χ4v) is 10.4. The third-order valence-electron chi connectivity index (χ3n) is 12.6. The van der Waals surface area contributed by atoms with E-state index in [0.29, 0.717) is 147 Å². The molecule has 3 aromatic rings. The van der Waals surface area contributed by atoms with Crippen LogP contribution in [-0.2, 0) is 81.9 Å². The summed E-state index contributed by atoms with van der Waals surface area (Å²) in [6.45, 7) is 12.3. The average Bonchev–Trinajstić information content (AvgIpc) is 1.27. The van der Waals surface area contributed by atoms with E-state index in [-0.39, 0.29) is 113 Å². The molecule has 0 bridgehead atoms. The maximum atomic E-state index is 14.1. The quantitative estimate of drug-likeness (QED) is 0.0152. The summed E-state index contributed by atoms with van der Waals surface area (Å²) in [5.41, 5.74) is 9.18. The van der Waals surface area contributed by atoms with Gasteiger partial charge < -0.3 is 68.3 Å². The number of carbonyl (C=O) groups is 2. The van der Waals surface area contributed by atoms with Gasteiger partial charge in [-0.1, -0.05) is 37.8 Å². The zero-order valence-corrected chi connectivity index (χ0v) is 50.7. The molecule has 1 fully saturated rings. The highest BCUT2D eigenvalue weighted by molar-refractivity contribution is 7.89. The Morgan fingerprint density at radius 1 is 0.682 bits per heavy atom. The normalized spacial score (nSPS) is 13.8. The lowest BCUT2D eigenvalue weighted by Gasteiger charge is -2.38. The van der Waals surface area contributed by atoms with E-state index in [1.807, 2.05) is 13.0 Å². The highest BCUT2D eigenvalue weighted by Gasteiger charge is 2.37. The zero-order chi connectivity index (χ0) is 63.7. The number of aliphatic hydroxyl groups is 1. The number of rotatable bonds is 47. The topological polar surface area (TPSA) is 311 Å². The summed E-state index contributed by atoms with van der Waals surface area (Å²) >= 11 is 0. The molecule has 2 aliphatic rings. The molecule has 1 saturated heterocycles. The maximum Gasteiger partial charge on any atom is 0.300 e. The Balaban J connectivity index is 0.757. The van der Waals surface area contributed by atoms with Gasteiger partial charge >= 0.3 is 10.1 Å². The van der Waals surface area contributed by atoms with Crippen LogP contribution in [0.5, 0.6) is 5.75 Å². The molecule has 5 N–H and O–H groups in total. The number of nitrogens with two attached hydrogens (primary N) is 1. The number of nitrogens with one attached hydrogen (secondary N) is 1. The van der Waals surface area contributed by atoms with Gasteiger partial charge in [0.25, 0.3) is 5.91 Å². The molecule has 492 valence electrons. The van der Waals surface area contributed by atoms with Gasteiger partial charge in [0.2, 0.25) is 33.3 Å². The second-order valence-electron chi connectivity index (χ2n) is 19.4. The van der Waals surface area contributed by atoms with Gasteiger partial charge in [0.15, 0.2) is 16.5 Å². The number of hydroxylamine groups is 2. The van der Waals surface area contributed by atoms with Gasteiger partial charge in [-0.05, 0) is 41.8 Å². The maximum absolute atomic E-state index is 14.1. The van der Waals surface area contributed by atoms with E-state index in [9.17, 15) is 49.1 Å². The number of carbonyl (C=O) groups excluding carboxylic acids is 2. The standard InChI is InChI=1S/C57H79F4N5O20S2/c1-3-11-66(85-15-12-67)57(69)46-34-45-8-7-44(36-48(45)64-49(62)37-46)43-5-4-6-47(35-43)87(70,71)65-39-42(40-65)38-63-50(68)10-14-76-17-19-78-21-23-80-25-27-82-29-31-84-33-32-83-30-28-81-26-24-79-22-20-77-18-16-75-13-9-41(2)86-55-51(58)53(60)56(88(72,73)74)54(61)52(55)59/h4-8,34-36,42,67H,2-3,9-33,37-40H2,1H3,(H2,62,64)(H,63,68)(H,72,73,74). The van der Waals surface area contributed by atoms with Crippen LogP contribution in [0.1, 0.15) is 38.2 Å². The molecule has 31 heteroatoms. The third kappa shape index (κ3) is 25.0. The summed E-state index contributed by atoms with van der Waals surface area (Å²) in [6.07, 6.45) is 2.47. The first-order valence-corrected chi connectivity index (χ1v) is 31.3. The molecule has 0 atom stereocenters. The van der Waals surface area contributed by atoms with Gasteiger partial charge in [-0.3, -0.25) is 19.0 Å². The van der Waals surface area contributed by atoms with Gasteiger partial charge in [-0.25, -0.2) is 27.3 Å². The van der Waals surface area contributed by atoms with E-state index in [1.54, 1.807) is 42.5 Å². The highest BCUT2D eigenvalue weighted by atomic mass is 32.2. The molecule has 88 heavy (non-hydrogen) atoms. The minimum absolute atomic E-state index is 0.0238. The molecule has 2 aliphatic heterocycles. The first-order valence-electron chi connectivity index (χ1n) is 28.4. The number of ether oxygens (including phenoxy) is 11. The molecule has 3 aromatic carbocycles. The number of aliphatic imine (C=N–C) groups is 1. The van der Waals surface area contributed by atoms with E-state index in [1.165, 1.54) is 9.37 Å². The molecule has 0 aliphatic carbocycles. The van der Waals surface area contributed by atoms with Crippen LogP contribution in [0.15, 0.2) is 75.2 Å². The molecule has 0 saturated carbocycles. The lowest BCUT2D eigenvalue weighted by atomic mass is 10.0. The predicted molar refractivity (Wildman–Crippen MR) is 309 cm³/mol. The first kappa shape index (κ1) is 73.1. The molecule has 0 aromatic heterocycles. The van der Waals surface area contributed by atoms with Gasteiger partial charge in [0.05, 0.1) is 162 Å². The van der Waals surface area contributed by atoms with Crippen LogP contribution in [-0.4, -0.2) is 225 Å². The molecule has 5 rings (SSSR count). The van der Waals surface area contributed by atoms with Crippen molar-refractivity contribution in [3.63, 3.8) is 0 Å². The van der Waals surface area contributed by atoms with Gasteiger partial charge in [-0.15, -0.1) is 0 Å². The van der Waals surface area contributed by atoms with E-state index in [0.717, 1.165) is 0 Å². The van der Waals surface area contributed by atoms with Crippen LogP contribution in [0.4, 0.5) is 23.2 Å². The average molecular weight is 1290 g/mol. The number of amidine groups is 1. The van der Waals surface area contributed by atoms with Gasteiger partial charge in [0, 0.05) is 62.5 Å². The number of amides is 2. The predicted octanol–water partition coefficient (Wildman–Crippen LogP) is 4.37. The van der Waals surface area contributed by atoms with Crippen molar-refractivity contribution in [3.05, 3.63) is 89.2 Å². The Labute approximate surface area is 509 Å². The Kier molecular flexibility index (Phi) is 32.9. The lowest BCUT2D eigenvalue weighted by molar-refractivity contribution is -0.185. The first-order chi connectivity index (χ1) is 42.3. The number of aliphatic hydroxyl groups excluding tert-OH is 1. The van der Waals surface area contributed by atoms with Gasteiger partial charge in [-0.2, -0.15) is 21.5 Å². The minimum Gasteiger partial charge on any atom is -0.456 e. The van der Waals surface area contributed by atoms with Crippen molar-refractivity contribution in [2.45, 2.75) is 42.4 Å². The van der Waals surface area contributed by atoms with E-state index in [4.69, 9.17) is 67.2 Å². The number of hydrogen-bond acceptors (Lipinski definition) is 21. The van der Waals surface area contributed by atoms with Crippen molar-refractivity contribution < 1.29 is 111 Å². The summed E-state index contributed by atoms with van der Waals surface area (Å²) in [5.74, 6) is -11.3. The smallest absolute Gasteiger partial charge is 0.300 e. The Morgan fingerprint density at radius 3 is 1.64 bits per heavy atom. The van der Waals surface area contributed by atoms with Crippen LogP contribution >= 0.6 is 0 Å². The lowest BCUT2D eigenvalue weighted by Crippen LogP contribution is -2.53. The minimum atomic E-state index is -5.59. The van der Waals surface area contributed by atoms with Crippen LogP contribution in [0.3, 0.4) is 0 Å². The summed E-state index contributed by atoms with van der Waals surface area (Å²) in [4.78, 5) is 33.8. The van der Waals surface area contributed by atoms with Crippen LogP contribution < -0.4 is 15.8 Å². The second-order valence-corrected chi connectivity index (χ2v) is 22.7. The van der Waals surface area contributed by atoms with Crippen molar-refractivity contribution in [3.8, 4) is 16.9 Å². The summed E-state index contributed by atoms with van der Waals surface area (Å²) in [6, 6.07) is 12.1. The molecular weight excluding hydrogens is 1210 g/mol. The molecule has 2 amide bonds. The SMILES string of the molecule is C=C(CCOCCOCCOCCOCCOCCOCCOCCOCCOCCOCCC(=O)NCC1CN(S(=O)(=O)c2cccc(-c3ccc4c(c3)N=C(N)CC(C(=O)N(CCC)OCCO)=C4)c2)C1)Oc1c(F)c(F)c(S(=O)(=O)O)c(F)c1F. The number of benzene rings is 3. The second kappa shape index (κ2) is 39.5. The van der Waals surface area contributed by atoms with Crippen LogP contribution in [0, 0.1) is 29.2 Å². The fraction of sp³-hybridized carbons (Fsp3) is 0.561. The molecule has 2 heterocycles. The van der Waals surface area contributed by atoms with Gasteiger partial charge in [0.1, 0.15) is 5.84 Å². The van der Waals surface area contributed by atoms with Crippen molar-refractivity contribution in [1.29, 1.82) is 0 Å². The highest BCUT2D eigenvalue weighted by Crippen LogP contribution is 2.36. The summed E-state index contributed by atoms with van der Waals surface area (Å²) < 4.78 is 175. The Morgan fingerprint density at radius 2 is 1.16 bits per heavy atom. The van der Waals surface area contributed by atoms with Crippen molar-refractivity contribution in [2.24, 2.45) is 16.6 Å². The Bertz CT molecular complexity index is 2950. The third-order valence-corrected chi connectivity index (χ3v) is 15.3. The number of nitrogens with zero attached hydrogens (tertiary/aromatic N) is 3. The van der Waals surface area contributed by atoms with E-state index < -0.39 is 54.1 Å². The van der Waals surface area contributed by atoms with Crippen LogP contribution in [0.25, 0.3) is 17.2 Å². The monoisotopic (exact) mass is 1290 g/mol. The summed E-state index contributed by atoms with van der Waals surface area (Å²) in [7, 11) is -9.41. The van der Waals surface area contributed by atoms with E-state index >= 15 is 0 Å². The number of fused-ring (bicyclic) bond motifs is 1. The van der Waals surface area contributed by atoms with Crippen molar-refractivity contribution in [2.75, 3.05) is 172 Å². The van der Waals surface area contributed by atoms with Crippen molar-refractivity contribution >= 4 is 49.6 Å². The molecule has 0 unspecified atom stereocenters. The molecular formula is C57H79F4N5O20S2. The van der Waals surface area contributed by atoms with E-state index in [2.05, 4.69) is 16.9 Å². The largest absolute Gasteiger partial charge is 0.456 e. The fourth-order valence-electron chi connectivity index (χ4n) is 8.16. The number of sulfonamides is 1. The summed E-state index contributed by atoms with van der Waals surface area (Å²) in [5, 5.41) is 13.3.